The second kappa shape index (κ2) is 3.97. The van der Waals surface area contributed by atoms with E-state index in [1.807, 2.05) is 6.92 Å². The first-order chi connectivity index (χ1) is 6.36. The van der Waals surface area contributed by atoms with Crippen molar-refractivity contribution < 1.29 is 13.5 Å². The molecular weight excluding hydrogens is 186 g/mol. The van der Waals surface area contributed by atoms with Crippen LogP contribution in [0.2, 0.25) is 0 Å². The first-order valence-corrected chi connectivity index (χ1v) is 5.02. The Morgan fingerprint density at radius 1 is 1.43 bits per heavy atom. The molecule has 1 saturated heterocycles. The van der Waals surface area contributed by atoms with Crippen LogP contribution in [0.25, 0.3) is 0 Å². The summed E-state index contributed by atoms with van der Waals surface area (Å²) >= 11 is 0. The largest absolute Gasteiger partial charge is 0.381 e. The van der Waals surface area contributed by atoms with E-state index >= 15 is 0 Å². The minimum absolute atomic E-state index is 0.196. The summed E-state index contributed by atoms with van der Waals surface area (Å²) in [7, 11) is 0. The third-order valence-electron chi connectivity index (χ3n) is 2.73. The molecule has 1 unspecified atom stereocenters. The van der Waals surface area contributed by atoms with Crippen molar-refractivity contribution in [1.82, 2.24) is 0 Å². The molecule has 1 aliphatic heterocycles. The van der Waals surface area contributed by atoms with E-state index in [0.29, 0.717) is 13.2 Å². The van der Waals surface area contributed by atoms with Gasteiger partial charge in [0.25, 0.3) is 5.92 Å². The zero-order chi connectivity index (χ0) is 10.8. The van der Waals surface area contributed by atoms with Crippen molar-refractivity contribution in [2.75, 3.05) is 13.2 Å². The lowest BCUT2D eigenvalue weighted by Gasteiger charge is -2.20. The Bertz CT molecular complexity index is 209. The average molecular weight is 204 g/mol. The zero-order valence-corrected chi connectivity index (χ0v) is 9.02. The van der Waals surface area contributed by atoms with E-state index in [2.05, 4.69) is 0 Å². The van der Waals surface area contributed by atoms with Gasteiger partial charge in [0.1, 0.15) is 0 Å². The predicted octanol–water partition coefficient (Wildman–Crippen LogP) is 3.26. The maximum Gasteiger partial charge on any atom is 0.268 e. The molecule has 1 nitrogen and oxygen atoms in total. The molecule has 14 heavy (non-hydrogen) atoms. The summed E-state index contributed by atoms with van der Waals surface area (Å²) < 4.78 is 31.7. The SMILES string of the molecule is CC(C)C(F)(F)/C=C/C1(C)CCOC1. The fourth-order valence-electron chi connectivity index (χ4n) is 1.32. The predicted molar refractivity (Wildman–Crippen MR) is 52.5 cm³/mol. The van der Waals surface area contributed by atoms with Gasteiger partial charge in [-0.15, -0.1) is 0 Å². The van der Waals surface area contributed by atoms with Crippen molar-refractivity contribution in [2.24, 2.45) is 11.3 Å². The third-order valence-corrected chi connectivity index (χ3v) is 2.73. The topological polar surface area (TPSA) is 9.23 Å². The van der Waals surface area contributed by atoms with Crippen LogP contribution in [0.15, 0.2) is 12.2 Å². The van der Waals surface area contributed by atoms with Gasteiger partial charge in [-0.2, -0.15) is 0 Å². The van der Waals surface area contributed by atoms with Gasteiger partial charge in [0.2, 0.25) is 0 Å². The van der Waals surface area contributed by atoms with Gasteiger partial charge in [-0.05, 0) is 12.5 Å². The van der Waals surface area contributed by atoms with E-state index < -0.39 is 11.8 Å². The highest BCUT2D eigenvalue weighted by Gasteiger charge is 2.33. The molecule has 1 atom stereocenters. The summed E-state index contributed by atoms with van der Waals surface area (Å²) in [5.41, 5.74) is -0.196. The van der Waals surface area contributed by atoms with Crippen LogP contribution in [0.5, 0.6) is 0 Å². The van der Waals surface area contributed by atoms with E-state index in [4.69, 9.17) is 4.74 Å². The monoisotopic (exact) mass is 204 g/mol. The van der Waals surface area contributed by atoms with Crippen LogP contribution in [0, 0.1) is 11.3 Å². The van der Waals surface area contributed by atoms with Crippen molar-refractivity contribution >= 4 is 0 Å². The Labute approximate surface area is 84.1 Å². The van der Waals surface area contributed by atoms with E-state index in [9.17, 15) is 8.78 Å². The van der Waals surface area contributed by atoms with Crippen LogP contribution in [-0.2, 0) is 4.74 Å². The molecule has 0 aromatic heterocycles. The lowest BCUT2D eigenvalue weighted by molar-refractivity contribution is 0.00522. The molecule has 1 rings (SSSR count). The number of alkyl halides is 2. The van der Waals surface area contributed by atoms with Gasteiger partial charge in [-0.25, -0.2) is 8.78 Å². The smallest absolute Gasteiger partial charge is 0.268 e. The molecule has 0 aromatic rings. The molecule has 0 spiro atoms. The minimum atomic E-state index is -2.70. The fraction of sp³-hybridized carbons (Fsp3) is 0.818. The van der Waals surface area contributed by atoms with E-state index in [1.54, 1.807) is 6.08 Å². The van der Waals surface area contributed by atoms with Crippen molar-refractivity contribution in [3.63, 3.8) is 0 Å². The van der Waals surface area contributed by atoms with Gasteiger partial charge in [0.05, 0.1) is 6.61 Å². The van der Waals surface area contributed by atoms with Crippen molar-refractivity contribution in [3.8, 4) is 0 Å². The lowest BCUT2D eigenvalue weighted by atomic mass is 9.88. The van der Waals surface area contributed by atoms with E-state index in [-0.39, 0.29) is 5.41 Å². The van der Waals surface area contributed by atoms with Crippen LogP contribution < -0.4 is 0 Å². The van der Waals surface area contributed by atoms with Crippen LogP contribution in [0.1, 0.15) is 27.2 Å². The Morgan fingerprint density at radius 3 is 2.50 bits per heavy atom. The van der Waals surface area contributed by atoms with Gasteiger partial charge in [0.15, 0.2) is 0 Å². The summed E-state index contributed by atoms with van der Waals surface area (Å²) in [6.07, 6.45) is 3.48. The van der Waals surface area contributed by atoms with Crippen molar-refractivity contribution in [1.29, 1.82) is 0 Å². The van der Waals surface area contributed by atoms with Gasteiger partial charge in [-0.1, -0.05) is 26.8 Å². The molecule has 1 fully saturated rings. The number of ether oxygens (including phenoxy) is 1. The highest BCUT2D eigenvalue weighted by molar-refractivity contribution is 5.05. The van der Waals surface area contributed by atoms with Crippen molar-refractivity contribution in [3.05, 3.63) is 12.2 Å². The normalized spacial score (nSPS) is 29.3. The molecule has 0 N–H and O–H groups in total. The second-order valence-corrected chi connectivity index (χ2v) is 4.62. The van der Waals surface area contributed by atoms with Gasteiger partial charge < -0.3 is 4.74 Å². The number of allylic oxidation sites excluding steroid dienone is 1. The molecular formula is C11H18F2O. The second-order valence-electron chi connectivity index (χ2n) is 4.62. The maximum absolute atomic E-state index is 13.2. The van der Waals surface area contributed by atoms with E-state index in [0.717, 1.165) is 12.5 Å². The highest BCUT2D eigenvalue weighted by Crippen LogP contribution is 2.33. The standard InChI is InChI=1S/C11H18F2O/c1-9(2)11(12,13)5-4-10(3)6-7-14-8-10/h4-5,9H,6-8H2,1-3H3/b5-4+. The molecule has 3 heteroatoms. The number of rotatable bonds is 3. The average Bonchev–Trinajstić information content (AvgIpc) is 2.50. The minimum Gasteiger partial charge on any atom is -0.381 e. The lowest BCUT2D eigenvalue weighted by Crippen LogP contribution is -2.22. The molecule has 1 aliphatic rings. The van der Waals surface area contributed by atoms with Gasteiger partial charge >= 0.3 is 0 Å². The maximum atomic E-state index is 13.2. The first-order valence-electron chi connectivity index (χ1n) is 5.02. The fourth-order valence-corrected chi connectivity index (χ4v) is 1.32. The highest BCUT2D eigenvalue weighted by atomic mass is 19.3. The zero-order valence-electron chi connectivity index (χ0n) is 9.02. The molecule has 0 bridgehead atoms. The summed E-state index contributed by atoms with van der Waals surface area (Å²) in [5, 5.41) is 0. The molecule has 1 heterocycles. The molecule has 0 aromatic carbocycles. The molecule has 82 valence electrons. The Balaban J connectivity index is 2.62. The number of hydrogen-bond donors (Lipinski definition) is 0. The molecule has 0 aliphatic carbocycles. The van der Waals surface area contributed by atoms with Crippen molar-refractivity contribution in [2.45, 2.75) is 33.1 Å². The van der Waals surface area contributed by atoms with E-state index in [1.165, 1.54) is 13.8 Å². The first kappa shape index (κ1) is 11.6. The quantitative estimate of drug-likeness (QED) is 0.641. The van der Waals surface area contributed by atoms with Gasteiger partial charge in [-0.3, -0.25) is 0 Å². The number of halogens is 2. The van der Waals surface area contributed by atoms with Crippen LogP contribution in [-0.4, -0.2) is 19.1 Å². The Hall–Kier alpha value is -0.440. The summed E-state index contributed by atoms with van der Waals surface area (Å²) in [6.45, 7) is 6.23. The molecule has 0 radical (unpaired) electrons. The molecule has 0 amide bonds. The molecule has 0 saturated carbocycles. The Morgan fingerprint density at radius 2 is 2.07 bits per heavy atom. The van der Waals surface area contributed by atoms with Crippen LogP contribution in [0.4, 0.5) is 8.78 Å². The summed E-state index contributed by atoms with van der Waals surface area (Å²) in [5.74, 6) is -3.35. The van der Waals surface area contributed by atoms with Crippen LogP contribution in [0.3, 0.4) is 0 Å². The van der Waals surface area contributed by atoms with Crippen LogP contribution >= 0.6 is 0 Å². The number of hydrogen-bond acceptors (Lipinski definition) is 1. The summed E-state index contributed by atoms with van der Waals surface area (Å²) in [6, 6.07) is 0. The summed E-state index contributed by atoms with van der Waals surface area (Å²) in [4.78, 5) is 0. The third kappa shape index (κ3) is 2.77. The van der Waals surface area contributed by atoms with Gasteiger partial charge in [0, 0.05) is 17.9 Å². The Kier molecular flexibility index (Phi) is 3.30.